The zero-order valence-electron chi connectivity index (χ0n) is 15.0. The summed E-state index contributed by atoms with van der Waals surface area (Å²) in [6.07, 6.45) is 1.83. The van der Waals surface area contributed by atoms with Crippen LogP contribution in [-0.2, 0) is 18.3 Å². The summed E-state index contributed by atoms with van der Waals surface area (Å²) in [7, 11) is 3.47. The van der Waals surface area contributed by atoms with Gasteiger partial charge in [0.2, 0.25) is 0 Å². The quantitative estimate of drug-likeness (QED) is 0.720. The Morgan fingerprint density at radius 1 is 1.27 bits per heavy atom. The van der Waals surface area contributed by atoms with Crippen LogP contribution in [0.25, 0.3) is 11.0 Å². The van der Waals surface area contributed by atoms with Crippen molar-refractivity contribution >= 4 is 11.0 Å². The van der Waals surface area contributed by atoms with Gasteiger partial charge < -0.3 is 14.0 Å². The fraction of sp³-hybridized carbons (Fsp3) is 0.350. The van der Waals surface area contributed by atoms with E-state index in [2.05, 4.69) is 22.0 Å². The van der Waals surface area contributed by atoms with Gasteiger partial charge in [0.1, 0.15) is 0 Å². The second kappa shape index (κ2) is 7.05. The second-order valence-corrected chi connectivity index (χ2v) is 6.67. The van der Waals surface area contributed by atoms with Gasteiger partial charge in [0.25, 0.3) is 0 Å². The van der Waals surface area contributed by atoms with Crippen molar-refractivity contribution in [2.24, 2.45) is 7.05 Å². The van der Waals surface area contributed by atoms with Crippen LogP contribution in [0.2, 0.25) is 0 Å². The average Bonchev–Trinajstić information content (AvgIpc) is 3.03. The number of aromatic nitrogens is 2. The minimum absolute atomic E-state index is 0.00569. The maximum absolute atomic E-state index is 13.9. The Balaban J connectivity index is 1.49. The first-order valence-electron chi connectivity index (χ1n) is 8.71. The summed E-state index contributed by atoms with van der Waals surface area (Å²) in [5.41, 5.74) is 4.16. The smallest absolute Gasteiger partial charge is 0.165 e. The first-order chi connectivity index (χ1) is 12.6. The largest absolute Gasteiger partial charge is 0.494 e. The van der Waals surface area contributed by atoms with Gasteiger partial charge in [0, 0.05) is 26.7 Å². The van der Waals surface area contributed by atoms with Gasteiger partial charge in [-0.1, -0.05) is 12.1 Å². The lowest BCUT2D eigenvalue weighted by Crippen LogP contribution is -2.37. The molecule has 0 unspecified atom stereocenters. The lowest BCUT2D eigenvalue weighted by atomic mass is 10.1. The van der Waals surface area contributed by atoms with Gasteiger partial charge in [-0.3, -0.25) is 4.90 Å². The van der Waals surface area contributed by atoms with E-state index in [0.29, 0.717) is 13.2 Å². The Bertz CT molecular complexity index is 925. The number of ether oxygens (including phenoxy) is 2. The number of benzene rings is 2. The van der Waals surface area contributed by atoms with E-state index >= 15 is 0 Å². The zero-order chi connectivity index (χ0) is 18.1. The molecule has 3 aromatic rings. The third-order valence-corrected chi connectivity index (χ3v) is 4.89. The lowest BCUT2D eigenvalue weighted by molar-refractivity contribution is -0.0329. The Kier molecular flexibility index (Phi) is 4.61. The van der Waals surface area contributed by atoms with E-state index < -0.39 is 0 Å². The summed E-state index contributed by atoms with van der Waals surface area (Å²) < 4.78 is 26.9. The fourth-order valence-electron chi connectivity index (χ4n) is 3.46. The van der Waals surface area contributed by atoms with E-state index in [4.69, 9.17) is 9.47 Å². The van der Waals surface area contributed by atoms with Crippen molar-refractivity contribution in [2.75, 3.05) is 26.8 Å². The standard InChI is InChI=1S/C20H22FN3O2/c1-23-13-22-17-5-4-15(10-18(17)23)20-12-24(7-8-26-20)11-14-3-6-19(25-2)16(21)9-14/h3-6,9-10,13,20H,7-8,11-12H2,1-2H3/t20-/m0/s1. The topological polar surface area (TPSA) is 39.5 Å². The molecule has 26 heavy (non-hydrogen) atoms. The van der Waals surface area contributed by atoms with Gasteiger partial charge >= 0.3 is 0 Å². The number of rotatable bonds is 4. The Morgan fingerprint density at radius 3 is 2.96 bits per heavy atom. The lowest BCUT2D eigenvalue weighted by Gasteiger charge is -2.33. The van der Waals surface area contributed by atoms with E-state index in [1.165, 1.54) is 7.11 Å². The summed E-state index contributed by atoms with van der Waals surface area (Å²) in [5.74, 6) is -0.0467. The molecular formula is C20H22FN3O2. The van der Waals surface area contributed by atoms with Crippen LogP contribution in [0.1, 0.15) is 17.2 Å². The highest BCUT2D eigenvalue weighted by molar-refractivity contribution is 5.76. The predicted molar refractivity (Wildman–Crippen MR) is 97.6 cm³/mol. The molecule has 136 valence electrons. The number of hydrogen-bond acceptors (Lipinski definition) is 4. The van der Waals surface area contributed by atoms with Crippen LogP contribution >= 0.6 is 0 Å². The molecule has 0 bridgehead atoms. The van der Waals surface area contributed by atoms with Crippen LogP contribution < -0.4 is 4.74 Å². The van der Waals surface area contributed by atoms with Gasteiger partial charge in [0.05, 0.1) is 37.2 Å². The number of imidazole rings is 1. The SMILES string of the molecule is COc1ccc(CN2CCO[C@H](c3ccc4ncn(C)c4c3)C2)cc1F. The fourth-order valence-corrected chi connectivity index (χ4v) is 3.46. The minimum atomic E-state index is -0.323. The van der Waals surface area contributed by atoms with E-state index in [0.717, 1.165) is 35.2 Å². The molecule has 0 saturated carbocycles. The van der Waals surface area contributed by atoms with E-state index in [9.17, 15) is 4.39 Å². The van der Waals surface area contributed by atoms with Crippen LogP contribution in [0.5, 0.6) is 5.75 Å². The Labute approximate surface area is 152 Å². The van der Waals surface area contributed by atoms with Crippen LogP contribution in [0, 0.1) is 5.82 Å². The van der Waals surface area contributed by atoms with Crippen molar-refractivity contribution in [1.82, 2.24) is 14.5 Å². The molecule has 0 amide bonds. The van der Waals surface area contributed by atoms with E-state index in [-0.39, 0.29) is 17.7 Å². The molecule has 1 saturated heterocycles. The van der Waals surface area contributed by atoms with Crippen molar-refractivity contribution < 1.29 is 13.9 Å². The number of hydrogen-bond donors (Lipinski definition) is 0. The third-order valence-electron chi connectivity index (χ3n) is 4.89. The monoisotopic (exact) mass is 355 g/mol. The van der Waals surface area contributed by atoms with Crippen molar-refractivity contribution in [3.63, 3.8) is 0 Å². The Hall–Kier alpha value is -2.44. The van der Waals surface area contributed by atoms with Gasteiger partial charge in [-0.05, 0) is 35.4 Å². The summed E-state index contributed by atoms with van der Waals surface area (Å²) in [5, 5.41) is 0. The summed E-state index contributed by atoms with van der Waals surface area (Å²) in [4.78, 5) is 6.66. The number of nitrogens with zero attached hydrogens (tertiary/aromatic N) is 3. The number of aryl methyl sites for hydroxylation is 1. The molecule has 4 rings (SSSR count). The molecule has 1 aliphatic rings. The number of halogens is 1. The molecule has 1 aliphatic heterocycles. The number of morpholine rings is 1. The average molecular weight is 355 g/mol. The van der Waals surface area contributed by atoms with Crippen molar-refractivity contribution in [3.05, 3.63) is 59.7 Å². The highest BCUT2D eigenvalue weighted by Crippen LogP contribution is 2.26. The van der Waals surface area contributed by atoms with Crippen LogP contribution in [0.4, 0.5) is 4.39 Å². The van der Waals surface area contributed by atoms with Crippen LogP contribution in [0.15, 0.2) is 42.7 Å². The summed E-state index contributed by atoms with van der Waals surface area (Å²) >= 11 is 0. The van der Waals surface area contributed by atoms with Gasteiger partial charge in [-0.25, -0.2) is 9.37 Å². The summed E-state index contributed by atoms with van der Waals surface area (Å²) in [6.45, 7) is 2.95. The maximum Gasteiger partial charge on any atom is 0.165 e. The molecular weight excluding hydrogens is 333 g/mol. The van der Waals surface area contributed by atoms with E-state index in [1.54, 1.807) is 12.1 Å². The van der Waals surface area contributed by atoms with Crippen molar-refractivity contribution in [1.29, 1.82) is 0 Å². The molecule has 2 heterocycles. The molecule has 0 radical (unpaired) electrons. The molecule has 1 fully saturated rings. The first-order valence-corrected chi connectivity index (χ1v) is 8.71. The van der Waals surface area contributed by atoms with Gasteiger partial charge in [-0.2, -0.15) is 0 Å². The predicted octanol–water partition coefficient (Wildman–Crippen LogP) is 3.29. The normalized spacial score (nSPS) is 18.3. The van der Waals surface area contributed by atoms with Crippen molar-refractivity contribution in [2.45, 2.75) is 12.6 Å². The molecule has 1 atom stereocenters. The van der Waals surface area contributed by atoms with E-state index in [1.807, 2.05) is 30.1 Å². The van der Waals surface area contributed by atoms with Crippen LogP contribution in [-0.4, -0.2) is 41.3 Å². The molecule has 6 heteroatoms. The van der Waals surface area contributed by atoms with Gasteiger partial charge in [-0.15, -0.1) is 0 Å². The van der Waals surface area contributed by atoms with Crippen LogP contribution in [0.3, 0.4) is 0 Å². The highest BCUT2D eigenvalue weighted by atomic mass is 19.1. The summed E-state index contributed by atoms with van der Waals surface area (Å²) in [6, 6.07) is 11.4. The molecule has 5 nitrogen and oxygen atoms in total. The molecule has 2 aromatic carbocycles. The molecule has 0 N–H and O–H groups in total. The third kappa shape index (κ3) is 3.30. The van der Waals surface area contributed by atoms with Gasteiger partial charge in [0.15, 0.2) is 11.6 Å². The number of fused-ring (bicyclic) bond motifs is 1. The highest BCUT2D eigenvalue weighted by Gasteiger charge is 2.23. The van der Waals surface area contributed by atoms with Crippen molar-refractivity contribution in [3.8, 4) is 5.75 Å². The molecule has 1 aromatic heterocycles. The number of methoxy groups -OCH3 is 1. The zero-order valence-corrected chi connectivity index (χ0v) is 15.0. The molecule has 0 spiro atoms. The molecule has 0 aliphatic carbocycles. The Morgan fingerprint density at radius 2 is 2.15 bits per heavy atom. The maximum atomic E-state index is 13.9. The minimum Gasteiger partial charge on any atom is -0.494 e. The second-order valence-electron chi connectivity index (χ2n) is 6.67. The first kappa shape index (κ1) is 17.0.